The fourth-order valence-corrected chi connectivity index (χ4v) is 2.58. The Labute approximate surface area is 123 Å². The summed E-state index contributed by atoms with van der Waals surface area (Å²) in [5.74, 6) is 0.366. The van der Waals surface area contributed by atoms with E-state index in [0.717, 1.165) is 17.5 Å². The highest BCUT2D eigenvalue weighted by atomic mass is 16.3. The summed E-state index contributed by atoms with van der Waals surface area (Å²) in [6.07, 6.45) is 2.92. The van der Waals surface area contributed by atoms with Crippen LogP contribution in [0.25, 0.3) is 5.57 Å². The number of hydrogen-bond donors (Lipinski definition) is 2. The Balaban J connectivity index is 1.73. The summed E-state index contributed by atoms with van der Waals surface area (Å²) < 4.78 is 0. The van der Waals surface area contributed by atoms with Crippen molar-refractivity contribution >= 4 is 11.4 Å². The number of rotatable bonds is 3. The number of ketones is 1. The van der Waals surface area contributed by atoms with Crippen LogP contribution in [0.2, 0.25) is 0 Å². The molecule has 3 heteroatoms. The first-order valence-corrected chi connectivity index (χ1v) is 6.99. The summed E-state index contributed by atoms with van der Waals surface area (Å²) in [5.41, 5.74) is 4.24. The zero-order chi connectivity index (χ0) is 14.8. The van der Waals surface area contributed by atoms with Gasteiger partial charge in [-0.25, -0.2) is 0 Å². The van der Waals surface area contributed by atoms with Crippen LogP contribution in [0.5, 0.6) is 5.75 Å². The summed E-state index contributed by atoms with van der Waals surface area (Å²) in [4.78, 5) is 11.3. The lowest BCUT2D eigenvalue weighted by Crippen LogP contribution is -2.09. The predicted octanol–water partition coefficient (Wildman–Crippen LogP) is 3.67. The first kappa shape index (κ1) is 13.4. The van der Waals surface area contributed by atoms with E-state index in [1.54, 1.807) is 19.1 Å². The number of nitrogens with one attached hydrogen (secondary N) is 1. The van der Waals surface area contributed by atoms with Gasteiger partial charge in [-0.2, -0.15) is 0 Å². The van der Waals surface area contributed by atoms with Gasteiger partial charge in [0.2, 0.25) is 0 Å². The molecule has 2 aromatic rings. The number of carbonyl (C=O) groups is 1. The van der Waals surface area contributed by atoms with Gasteiger partial charge in [0.15, 0.2) is 5.78 Å². The van der Waals surface area contributed by atoms with Crippen molar-refractivity contribution in [3.8, 4) is 5.75 Å². The molecule has 0 spiro atoms. The van der Waals surface area contributed by atoms with Gasteiger partial charge in [0.05, 0.1) is 6.04 Å². The monoisotopic (exact) mass is 279 g/mol. The lowest BCUT2D eigenvalue weighted by atomic mass is 9.97. The smallest absolute Gasteiger partial charge is 0.159 e. The second kappa shape index (κ2) is 5.44. The predicted molar refractivity (Wildman–Crippen MR) is 83.0 cm³/mol. The maximum atomic E-state index is 11.3. The molecule has 106 valence electrons. The number of phenols is 1. The summed E-state index contributed by atoms with van der Waals surface area (Å²) in [6, 6.07) is 15.2. The number of carbonyl (C=O) groups excluding carboxylic acids is 1. The molecule has 0 fully saturated rings. The molecule has 1 heterocycles. The Morgan fingerprint density at radius 3 is 2.38 bits per heavy atom. The van der Waals surface area contributed by atoms with E-state index in [4.69, 9.17) is 0 Å². The van der Waals surface area contributed by atoms with Gasteiger partial charge in [0.25, 0.3) is 0 Å². The molecule has 1 atom stereocenters. The van der Waals surface area contributed by atoms with Crippen LogP contribution in [0.3, 0.4) is 0 Å². The summed E-state index contributed by atoms with van der Waals surface area (Å²) in [5, 5.41) is 12.7. The molecule has 2 aromatic carbocycles. The number of Topliss-reactive ketones (excluding diaryl/α,β-unsaturated/α-hetero) is 1. The molecule has 0 saturated heterocycles. The zero-order valence-corrected chi connectivity index (χ0v) is 11.8. The van der Waals surface area contributed by atoms with Crippen LogP contribution in [-0.2, 0) is 0 Å². The van der Waals surface area contributed by atoms with E-state index in [-0.39, 0.29) is 17.6 Å². The van der Waals surface area contributed by atoms with Crippen molar-refractivity contribution in [2.75, 3.05) is 0 Å². The molecule has 1 aliphatic heterocycles. The van der Waals surface area contributed by atoms with Gasteiger partial charge in [-0.05, 0) is 42.2 Å². The summed E-state index contributed by atoms with van der Waals surface area (Å²) in [6.45, 7) is 1.58. The fraction of sp³-hybridized carbons (Fsp3) is 0.167. The maximum Gasteiger partial charge on any atom is 0.159 e. The topological polar surface area (TPSA) is 49.3 Å². The lowest BCUT2D eigenvalue weighted by molar-refractivity contribution is 0.101. The van der Waals surface area contributed by atoms with Crippen LogP contribution >= 0.6 is 0 Å². The minimum Gasteiger partial charge on any atom is -0.508 e. The average Bonchev–Trinajstić information content (AvgIpc) is 2.98. The molecule has 2 N–H and O–H groups in total. The van der Waals surface area contributed by atoms with Crippen molar-refractivity contribution in [3.05, 3.63) is 71.4 Å². The van der Waals surface area contributed by atoms with Gasteiger partial charge in [-0.15, -0.1) is 0 Å². The van der Waals surface area contributed by atoms with E-state index < -0.39 is 0 Å². The van der Waals surface area contributed by atoms with E-state index in [2.05, 4.69) is 5.32 Å². The molecule has 1 aliphatic rings. The first-order chi connectivity index (χ1) is 10.1. The quantitative estimate of drug-likeness (QED) is 0.843. The maximum absolute atomic E-state index is 11.3. The van der Waals surface area contributed by atoms with Crippen LogP contribution in [0, 0.1) is 0 Å². The van der Waals surface area contributed by atoms with Crippen LogP contribution in [0.1, 0.15) is 40.9 Å². The normalized spacial score (nSPS) is 17.2. The molecule has 21 heavy (non-hydrogen) atoms. The molecule has 3 rings (SSSR count). The SMILES string of the molecule is CC(=O)c1ccc(C2CC(c3ccc(O)cc3)=CN2)cc1. The second-order valence-corrected chi connectivity index (χ2v) is 5.32. The van der Waals surface area contributed by atoms with Crippen LogP contribution < -0.4 is 5.32 Å². The van der Waals surface area contributed by atoms with Gasteiger partial charge < -0.3 is 10.4 Å². The van der Waals surface area contributed by atoms with E-state index in [1.165, 1.54) is 11.1 Å². The average molecular weight is 279 g/mol. The fourth-order valence-electron chi connectivity index (χ4n) is 2.58. The van der Waals surface area contributed by atoms with Crippen LogP contribution in [0.4, 0.5) is 0 Å². The number of phenolic OH excluding ortho intramolecular Hbond substituents is 1. The van der Waals surface area contributed by atoms with Crippen molar-refractivity contribution in [2.24, 2.45) is 0 Å². The zero-order valence-electron chi connectivity index (χ0n) is 11.8. The van der Waals surface area contributed by atoms with Gasteiger partial charge in [0, 0.05) is 11.8 Å². The van der Waals surface area contributed by atoms with Gasteiger partial charge in [-0.1, -0.05) is 36.4 Å². The van der Waals surface area contributed by atoms with E-state index >= 15 is 0 Å². The first-order valence-electron chi connectivity index (χ1n) is 6.99. The van der Waals surface area contributed by atoms with Gasteiger partial charge in [0.1, 0.15) is 5.75 Å². The highest BCUT2D eigenvalue weighted by molar-refractivity contribution is 5.94. The van der Waals surface area contributed by atoms with Crippen molar-refractivity contribution in [1.29, 1.82) is 0 Å². The molecular weight excluding hydrogens is 262 g/mol. The summed E-state index contributed by atoms with van der Waals surface area (Å²) in [7, 11) is 0. The Morgan fingerprint density at radius 1 is 1.10 bits per heavy atom. The Hall–Kier alpha value is -2.55. The largest absolute Gasteiger partial charge is 0.508 e. The Kier molecular flexibility index (Phi) is 3.48. The lowest BCUT2D eigenvalue weighted by Gasteiger charge is -2.12. The van der Waals surface area contributed by atoms with E-state index in [9.17, 15) is 9.90 Å². The molecule has 0 bridgehead atoms. The molecular formula is C18H17NO2. The van der Waals surface area contributed by atoms with Gasteiger partial charge >= 0.3 is 0 Å². The minimum atomic E-state index is 0.0869. The molecule has 3 nitrogen and oxygen atoms in total. The number of aromatic hydroxyl groups is 1. The van der Waals surface area contributed by atoms with Crippen molar-refractivity contribution in [1.82, 2.24) is 5.32 Å². The highest BCUT2D eigenvalue weighted by Crippen LogP contribution is 2.32. The van der Waals surface area contributed by atoms with Crippen molar-refractivity contribution in [3.63, 3.8) is 0 Å². The standard InChI is InChI=1S/C18H17NO2/c1-12(20)13-2-4-15(5-3-13)18-10-16(11-19-18)14-6-8-17(21)9-7-14/h2-9,11,18-19,21H,10H2,1H3. The van der Waals surface area contributed by atoms with E-state index in [0.29, 0.717) is 0 Å². The number of benzene rings is 2. The van der Waals surface area contributed by atoms with Gasteiger partial charge in [-0.3, -0.25) is 4.79 Å². The molecule has 1 unspecified atom stereocenters. The van der Waals surface area contributed by atoms with Crippen LogP contribution in [0.15, 0.2) is 54.7 Å². The minimum absolute atomic E-state index is 0.0869. The third-order valence-electron chi connectivity index (χ3n) is 3.84. The second-order valence-electron chi connectivity index (χ2n) is 5.32. The third-order valence-corrected chi connectivity index (χ3v) is 3.84. The molecule has 0 amide bonds. The highest BCUT2D eigenvalue weighted by Gasteiger charge is 2.19. The molecule has 0 aliphatic carbocycles. The Morgan fingerprint density at radius 2 is 1.76 bits per heavy atom. The third kappa shape index (κ3) is 2.82. The molecule has 0 radical (unpaired) electrons. The summed E-state index contributed by atoms with van der Waals surface area (Å²) >= 11 is 0. The molecule has 0 aromatic heterocycles. The Bertz CT molecular complexity index is 684. The van der Waals surface area contributed by atoms with Crippen molar-refractivity contribution in [2.45, 2.75) is 19.4 Å². The van der Waals surface area contributed by atoms with E-state index in [1.807, 2.05) is 42.6 Å². The van der Waals surface area contributed by atoms with Crippen molar-refractivity contribution < 1.29 is 9.90 Å². The molecule has 0 saturated carbocycles. The van der Waals surface area contributed by atoms with Crippen LogP contribution in [-0.4, -0.2) is 10.9 Å². The number of hydrogen-bond acceptors (Lipinski definition) is 3.